The number of phenols is 1. The number of hydrogen-bond donors (Lipinski definition) is 2. The second kappa shape index (κ2) is 9.05. The van der Waals surface area contributed by atoms with Crippen molar-refractivity contribution in [3.8, 4) is 34.3 Å². The fourth-order valence-corrected chi connectivity index (χ4v) is 3.63. The van der Waals surface area contributed by atoms with Crippen LogP contribution in [0, 0.1) is 0 Å². The number of benzene rings is 2. The molecule has 8 heteroatoms. The summed E-state index contributed by atoms with van der Waals surface area (Å²) < 4.78 is 18.0. The predicted octanol–water partition coefficient (Wildman–Crippen LogP) is 4.02. The monoisotopic (exact) mass is 434 g/mol. The van der Waals surface area contributed by atoms with E-state index in [1.165, 1.54) is 7.11 Å². The lowest BCUT2D eigenvalue weighted by Gasteiger charge is -2.11. The topological polar surface area (TPSA) is 90.7 Å². The van der Waals surface area contributed by atoms with Crippen molar-refractivity contribution in [1.82, 2.24) is 14.5 Å². The molecule has 0 saturated heterocycles. The third-order valence-corrected chi connectivity index (χ3v) is 5.41. The molecule has 2 heterocycles. The first-order valence-corrected chi connectivity index (χ1v) is 10.2. The molecular formula is C24H26N4O4. The molecule has 32 heavy (non-hydrogen) atoms. The van der Waals surface area contributed by atoms with Crippen LogP contribution in [0.15, 0.2) is 48.7 Å². The van der Waals surface area contributed by atoms with Crippen molar-refractivity contribution in [2.45, 2.75) is 6.42 Å². The Hall–Kier alpha value is -3.94. The Labute approximate surface area is 186 Å². The van der Waals surface area contributed by atoms with Crippen LogP contribution in [0.25, 0.3) is 22.3 Å². The summed E-state index contributed by atoms with van der Waals surface area (Å²) in [5, 5.41) is 13.2. The van der Waals surface area contributed by atoms with Crippen molar-refractivity contribution in [2.75, 3.05) is 33.2 Å². The summed E-state index contributed by atoms with van der Waals surface area (Å²) in [6, 6.07) is 12.9. The number of methoxy groups -OCH3 is 3. The molecule has 4 aromatic rings. The van der Waals surface area contributed by atoms with E-state index in [9.17, 15) is 5.11 Å². The van der Waals surface area contributed by atoms with Gasteiger partial charge in [0.2, 0.25) is 5.95 Å². The molecule has 0 saturated carbocycles. The van der Waals surface area contributed by atoms with Crippen LogP contribution in [-0.2, 0) is 13.5 Å². The average Bonchev–Trinajstić information content (AvgIpc) is 3.14. The number of pyridine rings is 1. The van der Waals surface area contributed by atoms with Gasteiger partial charge in [0.15, 0.2) is 11.5 Å². The lowest BCUT2D eigenvalue weighted by Crippen LogP contribution is -2.09. The zero-order valence-corrected chi connectivity index (χ0v) is 18.5. The van der Waals surface area contributed by atoms with Gasteiger partial charge in [-0.15, -0.1) is 0 Å². The van der Waals surface area contributed by atoms with E-state index < -0.39 is 0 Å². The Bertz CT molecular complexity index is 1250. The van der Waals surface area contributed by atoms with Crippen molar-refractivity contribution in [3.05, 3.63) is 54.2 Å². The fraction of sp³-hybridized carbons (Fsp3) is 0.250. The number of aryl methyl sites for hydroxylation is 1. The molecule has 2 aromatic carbocycles. The third-order valence-electron chi connectivity index (χ3n) is 5.41. The highest BCUT2D eigenvalue weighted by atomic mass is 16.5. The third kappa shape index (κ3) is 4.12. The molecule has 4 rings (SSSR count). The molecule has 8 nitrogen and oxygen atoms in total. The van der Waals surface area contributed by atoms with E-state index >= 15 is 0 Å². The number of hydrogen-bond acceptors (Lipinski definition) is 7. The Morgan fingerprint density at radius 3 is 2.53 bits per heavy atom. The van der Waals surface area contributed by atoms with E-state index in [0.717, 1.165) is 51.7 Å². The number of aromatic hydroxyl groups is 1. The molecule has 0 spiro atoms. The summed E-state index contributed by atoms with van der Waals surface area (Å²) in [5.74, 6) is 2.88. The zero-order chi connectivity index (χ0) is 22.7. The molecule has 0 radical (unpaired) electrons. The van der Waals surface area contributed by atoms with Crippen LogP contribution in [0.4, 0.5) is 5.95 Å². The van der Waals surface area contributed by atoms with Gasteiger partial charge in [-0.1, -0.05) is 0 Å². The van der Waals surface area contributed by atoms with E-state index in [-0.39, 0.29) is 5.75 Å². The van der Waals surface area contributed by atoms with Gasteiger partial charge in [-0.2, -0.15) is 0 Å². The maximum Gasteiger partial charge on any atom is 0.203 e. The lowest BCUT2D eigenvalue weighted by molar-refractivity contribution is 0.373. The van der Waals surface area contributed by atoms with Crippen molar-refractivity contribution in [3.63, 3.8) is 0 Å². The molecule has 0 aliphatic carbocycles. The smallest absolute Gasteiger partial charge is 0.203 e. The molecule has 0 fully saturated rings. The van der Waals surface area contributed by atoms with E-state index in [0.29, 0.717) is 12.3 Å². The van der Waals surface area contributed by atoms with E-state index in [2.05, 4.69) is 15.3 Å². The molecule has 0 unspecified atom stereocenters. The Kier molecular flexibility index (Phi) is 6.02. The van der Waals surface area contributed by atoms with Crippen LogP contribution < -0.4 is 19.5 Å². The SMILES string of the molecule is COc1ccc(OC)c(CCNc2nc3cnc(-c4ccc(O)c(OC)c4)cc3n2C)c1. The van der Waals surface area contributed by atoms with Gasteiger partial charge in [0.25, 0.3) is 0 Å². The highest BCUT2D eigenvalue weighted by molar-refractivity contribution is 5.82. The van der Waals surface area contributed by atoms with Crippen LogP contribution in [0.3, 0.4) is 0 Å². The van der Waals surface area contributed by atoms with Crippen LogP contribution >= 0.6 is 0 Å². The molecule has 0 aliphatic rings. The lowest BCUT2D eigenvalue weighted by atomic mass is 10.1. The van der Waals surface area contributed by atoms with Gasteiger partial charge >= 0.3 is 0 Å². The standard InChI is InChI=1S/C24H26N4O4/c1-28-20-13-18(15-5-7-21(29)23(12-15)32-4)26-14-19(20)27-24(28)25-10-9-16-11-17(30-2)6-8-22(16)31-3/h5-8,11-14,29H,9-10H2,1-4H3,(H,25,27). The maximum absolute atomic E-state index is 9.85. The number of phenolic OH excluding ortho intramolecular Hbond substituents is 1. The van der Waals surface area contributed by atoms with Gasteiger partial charge in [-0.05, 0) is 54.4 Å². The normalized spacial score (nSPS) is 10.9. The summed E-state index contributed by atoms with van der Waals surface area (Å²) >= 11 is 0. The summed E-state index contributed by atoms with van der Waals surface area (Å²) in [6.07, 6.45) is 2.50. The van der Waals surface area contributed by atoms with Crippen LogP contribution in [-0.4, -0.2) is 47.5 Å². The number of nitrogens with one attached hydrogen (secondary N) is 1. The van der Waals surface area contributed by atoms with Gasteiger partial charge in [0.05, 0.1) is 38.7 Å². The van der Waals surface area contributed by atoms with E-state index in [1.807, 2.05) is 41.9 Å². The highest BCUT2D eigenvalue weighted by Gasteiger charge is 2.12. The number of aromatic nitrogens is 3. The molecular weight excluding hydrogens is 408 g/mol. The second-order valence-electron chi connectivity index (χ2n) is 7.29. The molecule has 0 aliphatic heterocycles. The van der Waals surface area contributed by atoms with Crippen LogP contribution in [0.2, 0.25) is 0 Å². The first-order valence-electron chi connectivity index (χ1n) is 10.2. The first kappa shape index (κ1) is 21.3. The van der Waals surface area contributed by atoms with Gasteiger partial charge in [0.1, 0.15) is 17.0 Å². The number of anilines is 1. The van der Waals surface area contributed by atoms with E-state index in [1.54, 1.807) is 32.5 Å². The molecule has 2 N–H and O–H groups in total. The van der Waals surface area contributed by atoms with Crippen molar-refractivity contribution in [1.29, 1.82) is 0 Å². The summed E-state index contributed by atoms with van der Waals surface area (Å²) in [4.78, 5) is 9.21. The Morgan fingerprint density at radius 1 is 0.969 bits per heavy atom. The van der Waals surface area contributed by atoms with Crippen molar-refractivity contribution in [2.24, 2.45) is 7.05 Å². The minimum Gasteiger partial charge on any atom is -0.504 e. The number of ether oxygens (including phenoxy) is 3. The second-order valence-corrected chi connectivity index (χ2v) is 7.29. The quantitative estimate of drug-likeness (QED) is 0.433. The average molecular weight is 434 g/mol. The Morgan fingerprint density at radius 2 is 1.78 bits per heavy atom. The van der Waals surface area contributed by atoms with Gasteiger partial charge in [-0.25, -0.2) is 4.98 Å². The summed E-state index contributed by atoms with van der Waals surface area (Å²) in [6.45, 7) is 0.677. The predicted molar refractivity (Wildman–Crippen MR) is 124 cm³/mol. The minimum absolute atomic E-state index is 0.0945. The molecule has 0 bridgehead atoms. The van der Waals surface area contributed by atoms with Crippen LogP contribution in [0.5, 0.6) is 23.0 Å². The minimum atomic E-state index is 0.0945. The van der Waals surface area contributed by atoms with Gasteiger partial charge in [-0.3, -0.25) is 4.98 Å². The highest BCUT2D eigenvalue weighted by Crippen LogP contribution is 2.32. The maximum atomic E-state index is 9.85. The van der Waals surface area contributed by atoms with Gasteiger partial charge in [0, 0.05) is 19.2 Å². The van der Waals surface area contributed by atoms with E-state index in [4.69, 9.17) is 14.2 Å². The first-order chi connectivity index (χ1) is 15.5. The number of fused-ring (bicyclic) bond motifs is 1. The zero-order valence-electron chi connectivity index (χ0n) is 18.5. The number of imidazole rings is 1. The fourth-order valence-electron chi connectivity index (χ4n) is 3.63. The molecule has 2 aromatic heterocycles. The number of nitrogens with zero attached hydrogens (tertiary/aromatic N) is 3. The van der Waals surface area contributed by atoms with Crippen molar-refractivity contribution < 1.29 is 19.3 Å². The van der Waals surface area contributed by atoms with Crippen LogP contribution in [0.1, 0.15) is 5.56 Å². The largest absolute Gasteiger partial charge is 0.504 e. The molecule has 0 amide bonds. The Balaban J connectivity index is 1.54. The molecule has 166 valence electrons. The molecule has 0 atom stereocenters. The summed E-state index contributed by atoms with van der Waals surface area (Å²) in [7, 11) is 6.80. The van der Waals surface area contributed by atoms with Gasteiger partial charge < -0.3 is 29.2 Å². The number of rotatable bonds is 8. The van der Waals surface area contributed by atoms with Crippen molar-refractivity contribution >= 4 is 17.0 Å². The summed E-state index contributed by atoms with van der Waals surface area (Å²) in [5.41, 5.74) is 4.42.